The fourth-order valence-corrected chi connectivity index (χ4v) is 2.73. The van der Waals surface area contributed by atoms with E-state index in [0.717, 1.165) is 5.92 Å². The Kier molecular flexibility index (Phi) is 8.57. The molecular formula is C16H30. The largest absolute Gasteiger partial charge is 0.0885 e. The highest BCUT2D eigenvalue weighted by molar-refractivity contribution is 4.81. The quantitative estimate of drug-likeness (QED) is 0.356. The van der Waals surface area contributed by atoms with Gasteiger partial charge in [-0.15, -0.1) is 0 Å². The van der Waals surface area contributed by atoms with Crippen LogP contribution in [0.1, 0.15) is 84.0 Å². The lowest BCUT2D eigenvalue weighted by Gasteiger charge is -2.21. The predicted molar refractivity (Wildman–Crippen MR) is 73.7 cm³/mol. The van der Waals surface area contributed by atoms with Crippen LogP contribution in [0.3, 0.4) is 0 Å². The highest BCUT2D eigenvalue weighted by Gasteiger charge is 2.11. The molecule has 1 aliphatic carbocycles. The van der Waals surface area contributed by atoms with E-state index in [2.05, 4.69) is 19.1 Å². The maximum atomic E-state index is 2.40. The lowest BCUT2D eigenvalue weighted by molar-refractivity contribution is 0.330. The Morgan fingerprint density at radius 3 is 2.25 bits per heavy atom. The summed E-state index contributed by atoms with van der Waals surface area (Å²) in [6.07, 6.45) is 22.0. The van der Waals surface area contributed by atoms with Crippen LogP contribution >= 0.6 is 0 Å². The average Bonchev–Trinajstić information content (AvgIpc) is 2.34. The molecule has 0 amide bonds. The molecule has 16 heavy (non-hydrogen) atoms. The van der Waals surface area contributed by atoms with Crippen LogP contribution in [-0.2, 0) is 0 Å². The van der Waals surface area contributed by atoms with Gasteiger partial charge in [-0.25, -0.2) is 0 Å². The van der Waals surface area contributed by atoms with E-state index in [9.17, 15) is 0 Å². The molecule has 0 unspecified atom stereocenters. The van der Waals surface area contributed by atoms with Crippen LogP contribution in [0.5, 0.6) is 0 Å². The first kappa shape index (κ1) is 13.8. The zero-order valence-electron chi connectivity index (χ0n) is 11.2. The number of allylic oxidation sites excluding steroid dienone is 2. The lowest BCUT2D eigenvalue weighted by atomic mass is 9.85. The average molecular weight is 222 g/mol. The summed E-state index contributed by atoms with van der Waals surface area (Å²) < 4.78 is 0. The minimum absolute atomic E-state index is 1.08. The Balaban J connectivity index is 1.85. The highest BCUT2D eigenvalue weighted by atomic mass is 14.2. The molecule has 0 nitrogen and oxygen atoms in total. The topological polar surface area (TPSA) is 0 Å². The Hall–Kier alpha value is -0.260. The first-order valence-electron chi connectivity index (χ1n) is 7.58. The van der Waals surface area contributed by atoms with Gasteiger partial charge in [-0.2, -0.15) is 0 Å². The van der Waals surface area contributed by atoms with E-state index in [1.54, 1.807) is 0 Å². The lowest BCUT2D eigenvalue weighted by Crippen LogP contribution is -2.05. The summed E-state index contributed by atoms with van der Waals surface area (Å²) in [6.45, 7) is 2.26. The van der Waals surface area contributed by atoms with Crippen LogP contribution in [0, 0.1) is 5.92 Å². The van der Waals surface area contributed by atoms with Gasteiger partial charge in [0.25, 0.3) is 0 Å². The van der Waals surface area contributed by atoms with Gasteiger partial charge in [0, 0.05) is 0 Å². The molecule has 1 aliphatic rings. The Bertz CT molecular complexity index is 163. The second kappa shape index (κ2) is 9.93. The first-order valence-corrected chi connectivity index (χ1v) is 7.58. The maximum Gasteiger partial charge on any atom is -0.0351 e. The van der Waals surface area contributed by atoms with Gasteiger partial charge < -0.3 is 0 Å². The minimum Gasteiger partial charge on any atom is -0.0885 e. The van der Waals surface area contributed by atoms with Crippen molar-refractivity contribution in [2.75, 3.05) is 0 Å². The first-order chi connectivity index (χ1) is 7.93. The van der Waals surface area contributed by atoms with Crippen molar-refractivity contribution in [3.63, 3.8) is 0 Å². The molecule has 0 aliphatic heterocycles. The summed E-state index contributed by atoms with van der Waals surface area (Å²) in [7, 11) is 0. The van der Waals surface area contributed by atoms with Crippen molar-refractivity contribution in [1.29, 1.82) is 0 Å². The van der Waals surface area contributed by atoms with Crippen molar-refractivity contribution >= 4 is 0 Å². The SMILES string of the molecule is CCCC/C=C\CCCCC1CCCCC1. The minimum atomic E-state index is 1.08. The molecule has 0 saturated heterocycles. The van der Waals surface area contributed by atoms with Crippen LogP contribution in [0.15, 0.2) is 12.2 Å². The van der Waals surface area contributed by atoms with Crippen molar-refractivity contribution in [1.82, 2.24) is 0 Å². The second-order valence-corrected chi connectivity index (χ2v) is 5.40. The molecule has 0 aromatic heterocycles. The molecule has 0 atom stereocenters. The second-order valence-electron chi connectivity index (χ2n) is 5.40. The molecule has 1 saturated carbocycles. The molecular weight excluding hydrogens is 192 g/mol. The van der Waals surface area contributed by atoms with E-state index in [-0.39, 0.29) is 0 Å². The monoisotopic (exact) mass is 222 g/mol. The molecule has 1 fully saturated rings. The molecule has 94 valence electrons. The van der Waals surface area contributed by atoms with E-state index in [1.165, 1.54) is 77.0 Å². The summed E-state index contributed by atoms with van der Waals surface area (Å²) in [6, 6.07) is 0. The van der Waals surface area contributed by atoms with Gasteiger partial charge in [0.15, 0.2) is 0 Å². The van der Waals surface area contributed by atoms with Crippen molar-refractivity contribution in [2.24, 2.45) is 5.92 Å². The van der Waals surface area contributed by atoms with Gasteiger partial charge in [0.2, 0.25) is 0 Å². The van der Waals surface area contributed by atoms with E-state index >= 15 is 0 Å². The summed E-state index contributed by atoms with van der Waals surface area (Å²) >= 11 is 0. The number of hydrogen-bond acceptors (Lipinski definition) is 0. The zero-order valence-corrected chi connectivity index (χ0v) is 11.2. The molecule has 1 rings (SSSR count). The summed E-state index contributed by atoms with van der Waals surface area (Å²) in [5.41, 5.74) is 0. The molecule has 0 aromatic carbocycles. The van der Waals surface area contributed by atoms with Crippen LogP contribution in [0.4, 0.5) is 0 Å². The van der Waals surface area contributed by atoms with Gasteiger partial charge >= 0.3 is 0 Å². The van der Waals surface area contributed by atoms with Crippen molar-refractivity contribution < 1.29 is 0 Å². The highest BCUT2D eigenvalue weighted by Crippen LogP contribution is 2.27. The number of unbranched alkanes of at least 4 members (excludes halogenated alkanes) is 4. The van der Waals surface area contributed by atoms with Gasteiger partial charge in [-0.1, -0.05) is 76.9 Å². The normalized spacial score (nSPS) is 18.3. The van der Waals surface area contributed by atoms with Gasteiger partial charge in [0.05, 0.1) is 0 Å². The fourth-order valence-electron chi connectivity index (χ4n) is 2.73. The molecule has 0 spiro atoms. The Morgan fingerprint density at radius 2 is 1.56 bits per heavy atom. The van der Waals surface area contributed by atoms with Gasteiger partial charge in [0.1, 0.15) is 0 Å². The summed E-state index contributed by atoms with van der Waals surface area (Å²) in [5, 5.41) is 0. The third kappa shape index (κ3) is 7.09. The standard InChI is InChI=1S/C16H30/c1-2-3-4-5-6-7-8-10-13-16-14-11-9-12-15-16/h5-6,16H,2-4,7-15H2,1H3/b6-5-. The molecule has 0 aromatic rings. The van der Waals surface area contributed by atoms with Crippen LogP contribution in [0.25, 0.3) is 0 Å². The molecule has 0 bridgehead atoms. The molecule has 0 N–H and O–H groups in total. The summed E-state index contributed by atoms with van der Waals surface area (Å²) in [5.74, 6) is 1.08. The number of rotatable bonds is 8. The Labute approximate surface area is 103 Å². The Morgan fingerprint density at radius 1 is 0.875 bits per heavy atom. The van der Waals surface area contributed by atoms with E-state index in [1.807, 2.05) is 0 Å². The summed E-state index contributed by atoms with van der Waals surface area (Å²) in [4.78, 5) is 0. The van der Waals surface area contributed by atoms with Crippen LogP contribution < -0.4 is 0 Å². The van der Waals surface area contributed by atoms with Crippen molar-refractivity contribution in [2.45, 2.75) is 84.0 Å². The van der Waals surface area contributed by atoms with E-state index in [0.29, 0.717) is 0 Å². The molecule has 0 radical (unpaired) electrons. The maximum absolute atomic E-state index is 2.40. The smallest absolute Gasteiger partial charge is 0.0351 e. The van der Waals surface area contributed by atoms with E-state index < -0.39 is 0 Å². The van der Waals surface area contributed by atoms with Crippen molar-refractivity contribution in [3.8, 4) is 0 Å². The third-order valence-electron chi connectivity index (χ3n) is 3.85. The molecule has 0 heterocycles. The van der Waals surface area contributed by atoms with Crippen LogP contribution in [-0.4, -0.2) is 0 Å². The predicted octanol–water partition coefficient (Wildman–Crippen LogP) is 5.87. The zero-order chi connectivity index (χ0) is 11.5. The van der Waals surface area contributed by atoms with Crippen LogP contribution in [0.2, 0.25) is 0 Å². The molecule has 0 heteroatoms. The third-order valence-corrected chi connectivity index (χ3v) is 3.85. The van der Waals surface area contributed by atoms with Crippen molar-refractivity contribution in [3.05, 3.63) is 12.2 Å². The number of hydrogen-bond donors (Lipinski definition) is 0. The van der Waals surface area contributed by atoms with E-state index in [4.69, 9.17) is 0 Å². The van der Waals surface area contributed by atoms with Gasteiger partial charge in [-0.3, -0.25) is 0 Å². The fraction of sp³-hybridized carbons (Fsp3) is 0.875. The van der Waals surface area contributed by atoms with Gasteiger partial charge in [-0.05, 0) is 25.2 Å².